The fourth-order valence-electron chi connectivity index (χ4n) is 3.19. The zero-order chi connectivity index (χ0) is 21.5. The first kappa shape index (κ1) is 19.7. The summed E-state index contributed by atoms with van der Waals surface area (Å²) in [5.41, 5.74) is 2.28. The first-order valence-corrected chi connectivity index (χ1v) is 10.6. The standard InChI is InChI=1S/C21H16FN3O4S/c1-14-2-9-18(10-3-14)30(28,29)13-19-21(25(26)27)24-12-16(6-11-20(24)23-19)15-4-7-17(22)8-5-15/h2-12H,13H2,1H3. The van der Waals surface area contributed by atoms with Crippen LogP contribution < -0.4 is 0 Å². The van der Waals surface area contributed by atoms with Gasteiger partial charge in [0.15, 0.2) is 15.5 Å². The first-order valence-electron chi connectivity index (χ1n) is 8.95. The third kappa shape index (κ3) is 3.67. The van der Waals surface area contributed by atoms with Gasteiger partial charge in [-0.05, 0) is 47.7 Å². The van der Waals surface area contributed by atoms with Crippen LogP contribution in [0.4, 0.5) is 10.2 Å². The van der Waals surface area contributed by atoms with Crippen LogP contribution in [0.5, 0.6) is 0 Å². The molecule has 0 unspecified atom stereocenters. The molecule has 9 heteroatoms. The van der Waals surface area contributed by atoms with E-state index in [1.54, 1.807) is 36.4 Å². The van der Waals surface area contributed by atoms with Crippen LogP contribution in [-0.2, 0) is 15.6 Å². The van der Waals surface area contributed by atoms with Crippen LogP contribution in [0, 0.1) is 22.9 Å². The molecule has 0 fully saturated rings. The number of benzene rings is 2. The Kier molecular flexibility index (Phi) is 4.83. The van der Waals surface area contributed by atoms with Crippen LogP contribution in [-0.4, -0.2) is 22.7 Å². The van der Waals surface area contributed by atoms with E-state index in [0.717, 1.165) is 5.56 Å². The summed E-state index contributed by atoms with van der Waals surface area (Å²) in [5, 5.41) is 11.8. The van der Waals surface area contributed by atoms with Crippen LogP contribution in [0.1, 0.15) is 11.3 Å². The summed E-state index contributed by atoms with van der Waals surface area (Å²) in [5.74, 6) is -1.40. The maximum Gasteiger partial charge on any atom is 0.352 e. The number of pyridine rings is 1. The molecule has 0 atom stereocenters. The van der Waals surface area contributed by atoms with Crippen molar-refractivity contribution in [2.75, 3.05) is 0 Å². The lowest BCUT2D eigenvalue weighted by Crippen LogP contribution is -2.07. The smallest absolute Gasteiger partial charge is 0.352 e. The molecule has 0 N–H and O–H groups in total. The fourth-order valence-corrected chi connectivity index (χ4v) is 4.46. The molecule has 4 rings (SSSR count). The minimum atomic E-state index is -3.82. The Bertz CT molecular complexity index is 1360. The van der Waals surface area contributed by atoms with Crippen molar-refractivity contribution in [1.82, 2.24) is 9.38 Å². The Hall–Kier alpha value is -3.59. The highest BCUT2D eigenvalue weighted by Gasteiger charge is 2.28. The highest BCUT2D eigenvalue weighted by molar-refractivity contribution is 7.90. The van der Waals surface area contributed by atoms with E-state index in [1.165, 1.54) is 34.9 Å². The van der Waals surface area contributed by atoms with E-state index in [2.05, 4.69) is 4.98 Å². The molecule has 0 saturated heterocycles. The first-order chi connectivity index (χ1) is 14.2. The summed E-state index contributed by atoms with van der Waals surface area (Å²) in [6.07, 6.45) is 1.50. The number of imidazole rings is 1. The molecule has 2 heterocycles. The van der Waals surface area contributed by atoms with Crippen LogP contribution in [0.25, 0.3) is 16.8 Å². The molecule has 0 aliphatic carbocycles. The molecule has 0 bridgehead atoms. The molecule has 0 spiro atoms. The summed E-state index contributed by atoms with van der Waals surface area (Å²) in [6, 6.07) is 15.2. The summed E-state index contributed by atoms with van der Waals surface area (Å²) in [6.45, 7) is 1.84. The average Bonchev–Trinajstić information content (AvgIpc) is 3.05. The Labute approximate surface area is 171 Å². The third-order valence-electron chi connectivity index (χ3n) is 4.72. The van der Waals surface area contributed by atoms with Gasteiger partial charge in [0.1, 0.15) is 17.8 Å². The number of aromatic nitrogens is 2. The van der Waals surface area contributed by atoms with Gasteiger partial charge in [-0.15, -0.1) is 0 Å². The Balaban J connectivity index is 1.80. The number of hydrogen-bond acceptors (Lipinski definition) is 5. The van der Waals surface area contributed by atoms with Gasteiger partial charge in [-0.1, -0.05) is 29.8 Å². The molecule has 0 aliphatic rings. The van der Waals surface area contributed by atoms with E-state index < -0.39 is 32.1 Å². The molecular formula is C21H16FN3O4S. The number of nitro groups is 1. The molecule has 4 aromatic rings. The predicted octanol–water partition coefficient (Wildman–Crippen LogP) is 4.33. The molecule has 0 aliphatic heterocycles. The van der Waals surface area contributed by atoms with Crippen molar-refractivity contribution >= 4 is 21.3 Å². The second kappa shape index (κ2) is 7.34. The molecule has 0 amide bonds. The predicted molar refractivity (Wildman–Crippen MR) is 109 cm³/mol. The summed E-state index contributed by atoms with van der Waals surface area (Å²) in [7, 11) is -3.82. The van der Waals surface area contributed by atoms with Gasteiger partial charge in [-0.2, -0.15) is 4.40 Å². The zero-order valence-corrected chi connectivity index (χ0v) is 16.6. The lowest BCUT2D eigenvalue weighted by Gasteiger charge is -2.04. The molecule has 0 saturated carbocycles. The van der Waals surface area contributed by atoms with Gasteiger partial charge >= 0.3 is 5.82 Å². The minimum Gasteiger partial charge on any atom is -0.358 e. The quantitative estimate of drug-likeness (QED) is 0.350. The zero-order valence-electron chi connectivity index (χ0n) is 15.8. The maximum atomic E-state index is 13.2. The highest BCUT2D eigenvalue weighted by atomic mass is 32.2. The van der Waals surface area contributed by atoms with E-state index in [1.807, 2.05) is 6.92 Å². The van der Waals surface area contributed by atoms with Gasteiger partial charge in [0.25, 0.3) is 0 Å². The average molecular weight is 425 g/mol. The van der Waals surface area contributed by atoms with Gasteiger partial charge in [0.2, 0.25) is 5.65 Å². The summed E-state index contributed by atoms with van der Waals surface area (Å²) in [4.78, 5) is 15.4. The van der Waals surface area contributed by atoms with E-state index in [-0.39, 0.29) is 16.2 Å². The van der Waals surface area contributed by atoms with Crippen molar-refractivity contribution in [2.24, 2.45) is 0 Å². The van der Waals surface area contributed by atoms with Gasteiger partial charge in [0, 0.05) is 11.6 Å². The largest absolute Gasteiger partial charge is 0.358 e. The van der Waals surface area contributed by atoms with Crippen LogP contribution in [0.3, 0.4) is 0 Å². The lowest BCUT2D eigenvalue weighted by atomic mass is 10.1. The Morgan fingerprint density at radius 3 is 2.27 bits per heavy atom. The molecule has 0 radical (unpaired) electrons. The van der Waals surface area contributed by atoms with E-state index in [0.29, 0.717) is 11.1 Å². The van der Waals surface area contributed by atoms with Crippen LogP contribution in [0.15, 0.2) is 71.8 Å². The van der Waals surface area contributed by atoms with Crippen molar-refractivity contribution in [3.63, 3.8) is 0 Å². The number of rotatable bonds is 5. The molecule has 2 aromatic carbocycles. The summed E-state index contributed by atoms with van der Waals surface area (Å²) < 4.78 is 40.0. The lowest BCUT2D eigenvalue weighted by molar-refractivity contribution is -0.391. The van der Waals surface area contributed by atoms with Gasteiger partial charge in [-0.25, -0.2) is 17.8 Å². The van der Waals surface area contributed by atoms with Crippen molar-refractivity contribution < 1.29 is 17.7 Å². The maximum absolute atomic E-state index is 13.2. The molecular weight excluding hydrogens is 409 g/mol. The van der Waals surface area contributed by atoms with Gasteiger partial charge in [-0.3, -0.25) is 0 Å². The second-order valence-corrected chi connectivity index (χ2v) is 8.85. The van der Waals surface area contributed by atoms with Crippen molar-refractivity contribution in [2.45, 2.75) is 17.6 Å². The van der Waals surface area contributed by atoms with E-state index in [9.17, 15) is 22.9 Å². The SMILES string of the molecule is Cc1ccc(S(=O)(=O)Cc2nc3ccc(-c4ccc(F)cc4)cn3c2[N+](=O)[O-])cc1. The fraction of sp³-hybridized carbons (Fsp3) is 0.0952. The summed E-state index contributed by atoms with van der Waals surface area (Å²) >= 11 is 0. The van der Waals surface area contributed by atoms with Crippen LogP contribution >= 0.6 is 0 Å². The van der Waals surface area contributed by atoms with Crippen molar-refractivity contribution in [1.29, 1.82) is 0 Å². The Morgan fingerprint density at radius 2 is 1.63 bits per heavy atom. The molecule has 7 nitrogen and oxygen atoms in total. The second-order valence-electron chi connectivity index (χ2n) is 6.86. The normalized spacial score (nSPS) is 11.7. The third-order valence-corrected chi connectivity index (χ3v) is 6.36. The van der Waals surface area contributed by atoms with Gasteiger partial charge in [0.05, 0.1) is 4.90 Å². The highest BCUT2D eigenvalue weighted by Crippen LogP contribution is 2.28. The van der Waals surface area contributed by atoms with E-state index >= 15 is 0 Å². The molecule has 152 valence electrons. The van der Waals surface area contributed by atoms with Crippen molar-refractivity contribution in [3.8, 4) is 11.1 Å². The minimum absolute atomic E-state index is 0.0754. The van der Waals surface area contributed by atoms with E-state index in [4.69, 9.17) is 0 Å². The number of sulfone groups is 1. The monoisotopic (exact) mass is 425 g/mol. The van der Waals surface area contributed by atoms with Gasteiger partial charge < -0.3 is 10.1 Å². The van der Waals surface area contributed by atoms with Crippen molar-refractivity contribution in [3.05, 3.63) is 94.0 Å². The number of aryl methyl sites for hydroxylation is 1. The number of hydrogen-bond donors (Lipinski definition) is 0. The van der Waals surface area contributed by atoms with Crippen LogP contribution in [0.2, 0.25) is 0 Å². The number of fused-ring (bicyclic) bond motifs is 1. The topological polar surface area (TPSA) is 94.6 Å². The number of nitrogens with zero attached hydrogens (tertiary/aromatic N) is 3. The molecule has 2 aromatic heterocycles. The molecule has 30 heavy (non-hydrogen) atoms. The Morgan fingerprint density at radius 1 is 1.00 bits per heavy atom. The number of halogens is 1.